The van der Waals surface area contributed by atoms with E-state index >= 15 is 0 Å². The van der Waals surface area contributed by atoms with Crippen LogP contribution in [0.2, 0.25) is 0 Å². The smallest absolute Gasteiger partial charge is 0.244 e. The van der Waals surface area contributed by atoms with E-state index in [2.05, 4.69) is 20.9 Å². The summed E-state index contributed by atoms with van der Waals surface area (Å²) >= 11 is 0. The van der Waals surface area contributed by atoms with Crippen LogP contribution in [0, 0.1) is 29.1 Å². The topological polar surface area (TPSA) is 158 Å². The fraction of sp³-hybridized carbons (Fsp3) is 0.281. The summed E-state index contributed by atoms with van der Waals surface area (Å²) in [6, 6.07) is 16.2. The van der Waals surface area contributed by atoms with Crippen molar-refractivity contribution in [1.29, 1.82) is 5.26 Å². The third kappa shape index (κ3) is 6.93. The van der Waals surface area contributed by atoms with E-state index in [1.54, 1.807) is 50.4 Å². The number of nitrogens with one attached hydrogen (secondary N) is 3. The second-order valence-electron chi connectivity index (χ2n) is 10.6. The number of hydrogen-bond acceptors (Lipinski definition) is 7. The van der Waals surface area contributed by atoms with Crippen molar-refractivity contribution in [2.75, 3.05) is 0 Å². The standard InChI is InChI=1S/C32H31N5O5/c1-18(2)29(30(40)28-19(3)31(41)37-32(28)42)36-27(39)15-25(23-14-22-6-4-5-7-24(22)34-17-23)35-26(38)13-12-20-8-10-21(16-33)11-9-20/h4-14,17-19,25,28-29H,15H2,1-3H3,(H,35,38)(H,36,39)(H,37,41,42)/b13-12+/t19-,25?,28+,29-/m0/s1. The van der Waals surface area contributed by atoms with E-state index in [1.165, 1.54) is 13.0 Å². The molecule has 214 valence electrons. The molecule has 0 spiro atoms. The Morgan fingerprint density at radius 3 is 2.40 bits per heavy atom. The Morgan fingerprint density at radius 2 is 1.76 bits per heavy atom. The van der Waals surface area contributed by atoms with Crippen LogP contribution < -0.4 is 16.0 Å². The fourth-order valence-corrected chi connectivity index (χ4v) is 4.84. The Balaban J connectivity index is 1.54. The number of Topliss-reactive ketones (excluding diaryl/α,β-unsaturated/α-hetero) is 1. The van der Waals surface area contributed by atoms with Crippen molar-refractivity contribution in [3.63, 3.8) is 0 Å². The quantitative estimate of drug-likeness (QED) is 0.194. The molecule has 0 radical (unpaired) electrons. The summed E-state index contributed by atoms with van der Waals surface area (Å²) in [5.41, 5.74) is 2.55. The van der Waals surface area contributed by atoms with Gasteiger partial charge in [0.05, 0.1) is 41.6 Å². The molecule has 2 aromatic carbocycles. The first-order valence-corrected chi connectivity index (χ1v) is 13.6. The SMILES string of the molecule is CC(C)[C@H](NC(=O)CC(NC(=O)/C=C/c1ccc(C#N)cc1)c1cnc2ccccc2c1)C(=O)[C@@H]1C(=O)NC(=O)[C@H]1C. The molecule has 0 bridgehead atoms. The van der Waals surface area contributed by atoms with Crippen LogP contribution >= 0.6 is 0 Å². The van der Waals surface area contributed by atoms with Crippen LogP contribution in [0.3, 0.4) is 0 Å². The number of carbonyl (C=O) groups is 5. The van der Waals surface area contributed by atoms with Gasteiger partial charge in [-0.3, -0.25) is 34.3 Å². The molecule has 4 rings (SSSR count). The number of imide groups is 1. The first kappa shape index (κ1) is 29.8. The number of carbonyl (C=O) groups excluding carboxylic acids is 5. The Labute approximate surface area is 243 Å². The molecule has 1 aliphatic rings. The van der Waals surface area contributed by atoms with Crippen molar-refractivity contribution >= 4 is 46.4 Å². The monoisotopic (exact) mass is 565 g/mol. The molecule has 42 heavy (non-hydrogen) atoms. The molecule has 0 saturated carbocycles. The molecular weight excluding hydrogens is 534 g/mol. The van der Waals surface area contributed by atoms with Crippen molar-refractivity contribution < 1.29 is 24.0 Å². The Kier molecular flexibility index (Phi) is 9.22. The van der Waals surface area contributed by atoms with Crippen LogP contribution in [0.5, 0.6) is 0 Å². The lowest BCUT2D eigenvalue weighted by Crippen LogP contribution is -2.49. The number of hydrogen-bond donors (Lipinski definition) is 3. The molecule has 1 aliphatic heterocycles. The van der Waals surface area contributed by atoms with Crippen LogP contribution in [-0.4, -0.2) is 40.4 Å². The number of ketones is 1. The Hall–Kier alpha value is -5.17. The number of rotatable bonds is 10. The minimum absolute atomic E-state index is 0.210. The first-order valence-electron chi connectivity index (χ1n) is 13.6. The summed E-state index contributed by atoms with van der Waals surface area (Å²) in [6.07, 6.45) is 4.30. The molecule has 1 aromatic heterocycles. The summed E-state index contributed by atoms with van der Waals surface area (Å²) in [6.45, 7) is 4.98. The van der Waals surface area contributed by atoms with Gasteiger partial charge in [-0.2, -0.15) is 5.26 Å². The summed E-state index contributed by atoms with van der Waals surface area (Å²) < 4.78 is 0. The molecule has 10 nitrogen and oxygen atoms in total. The van der Waals surface area contributed by atoms with Gasteiger partial charge in [0.15, 0.2) is 5.78 Å². The highest BCUT2D eigenvalue weighted by Crippen LogP contribution is 2.25. The highest BCUT2D eigenvalue weighted by molar-refractivity contribution is 6.16. The zero-order chi connectivity index (χ0) is 30.4. The average Bonchev–Trinajstić information content (AvgIpc) is 3.24. The van der Waals surface area contributed by atoms with E-state index in [-0.39, 0.29) is 12.3 Å². The van der Waals surface area contributed by atoms with Crippen molar-refractivity contribution in [3.8, 4) is 6.07 Å². The highest BCUT2D eigenvalue weighted by Gasteiger charge is 2.46. The largest absolute Gasteiger partial charge is 0.346 e. The van der Waals surface area contributed by atoms with Crippen molar-refractivity contribution in [2.24, 2.45) is 17.8 Å². The fourth-order valence-electron chi connectivity index (χ4n) is 4.84. The van der Waals surface area contributed by atoms with Crippen LogP contribution in [-0.2, 0) is 24.0 Å². The average molecular weight is 566 g/mol. The lowest BCUT2D eigenvalue weighted by atomic mass is 9.85. The van der Waals surface area contributed by atoms with E-state index in [0.717, 1.165) is 10.9 Å². The van der Waals surface area contributed by atoms with Gasteiger partial charge in [-0.15, -0.1) is 0 Å². The van der Waals surface area contributed by atoms with Gasteiger partial charge in [-0.05, 0) is 47.4 Å². The number of benzene rings is 2. The maximum atomic E-state index is 13.3. The van der Waals surface area contributed by atoms with E-state index in [1.807, 2.05) is 36.4 Å². The van der Waals surface area contributed by atoms with E-state index in [9.17, 15) is 24.0 Å². The third-order valence-corrected chi connectivity index (χ3v) is 7.23. The highest BCUT2D eigenvalue weighted by atomic mass is 16.2. The van der Waals surface area contributed by atoms with Gasteiger partial charge in [0, 0.05) is 17.7 Å². The van der Waals surface area contributed by atoms with Gasteiger partial charge >= 0.3 is 0 Å². The first-order chi connectivity index (χ1) is 20.1. The second kappa shape index (κ2) is 13.0. The molecule has 10 heteroatoms. The van der Waals surface area contributed by atoms with Gasteiger partial charge in [0.1, 0.15) is 5.92 Å². The van der Waals surface area contributed by atoms with Gasteiger partial charge in [-0.25, -0.2) is 0 Å². The predicted octanol–water partition coefficient (Wildman–Crippen LogP) is 2.99. The zero-order valence-corrected chi connectivity index (χ0v) is 23.5. The lowest BCUT2D eigenvalue weighted by molar-refractivity contribution is -0.137. The van der Waals surface area contributed by atoms with E-state index in [0.29, 0.717) is 16.7 Å². The van der Waals surface area contributed by atoms with Crippen molar-refractivity contribution in [2.45, 2.75) is 39.3 Å². The van der Waals surface area contributed by atoms with Gasteiger partial charge in [0.25, 0.3) is 0 Å². The summed E-state index contributed by atoms with van der Waals surface area (Å²) in [7, 11) is 0. The Bertz CT molecular complexity index is 1610. The molecule has 1 unspecified atom stereocenters. The molecule has 3 aromatic rings. The van der Waals surface area contributed by atoms with Crippen LogP contribution in [0.4, 0.5) is 0 Å². The maximum Gasteiger partial charge on any atom is 0.244 e. The van der Waals surface area contributed by atoms with Crippen molar-refractivity contribution in [3.05, 3.63) is 83.6 Å². The third-order valence-electron chi connectivity index (χ3n) is 7.23. The molecule has 0 aliphatic carbocycles. The molecule has 4 amide bonds. The van der Waals surface area contributed by atoms with Crippen LogP contribution in [0.15, 0.2) is 66.9 Å². The molecule has 4 atom stereocenters. The number of nitrogens with zero attached hydrogens (tertiary/aromatic N) is 2. The molecular formula is C32H31N5O5. The molecule has 2 heterocycles. The maximum absolute atomic E-state index is 13.3. The van der Waals surface area contributed by atoms with Gasteiger partial charge in [-0.1, -0.05) is 51.1 Å². The lowest BCUT2D eigenvalue weighted by Gasteiger charge is -2.26. The van der Waals surface area contributed by atoms with E-state index < -0.39 is 53.3 Å². The molecule has 1 saturated heterocycles. The van der Waals surface area contributed by atoms with Crippen LogP contribution in [0.25, 0.3) is 17.0 Å². The number of para-hydroxylation sites is 1. The van der Waals surface area contributed by atoms with E-state index in [4.69, 9.17) is 5.26 Å². The summed E-state index contributed by atoms with van der Waals surface area (Å²) in [4.78, 5) is 68.3. The van der Waals surface area contributed by atoms with Gasteiger partial charge in [0.2, 0.25) is 23.6 Å². The summed E-state index contributed by atoms with van der Waals surface area (Å²) in [5.74, 6) is -5.08. The number of amides is 4. The molecule has 1 fully saturated rings. The number of aromatic nitrogens is 1. The van der Waals surface area contributed by atoms with Crippen LogP contribution in [0.1, 0.15) is 49.9 Å². The normalized spacial score (nSPS) is 18.0. The zero-order valence-electron chi connectivity index (χ0n) is 23.5. The van der Waals surface area contributed by atoms with Gasteiger partial charge < -0.3 is 10.6 Å². The molecule has 3 N–H and O–H groups in total. The number of pyridine rings is 1. The minimum atomic E-state index is -1.18. The number of fused-ring (bicyclic) bond motifs is 1. The second-order valence-corrected chi connectivity index (χ2v) is 10.6. The minimum Gasteiger partial charge on any atom is -0.346 e. The predicted molar refractivity (Wildman–Crippen MR) is 155 cm³/mol. The summed E-state index contributed by atoms with van der Waals surface area (Å²) in [5, 5.41) is 17.6. The number of nitriles is 1. The van der Waals surface area contributed by atoms with Crippen molar-refractivity contribution in [1.82, 2.24) is 20.9 Å². The Morgan fingerprint density at radius 1 is 1.05 bits per heavy atom.